The molecule has 1 saturated heterocycles. The van der Waals surface area contributed by atoms with Crippen molar-refractivity contribution in [2.24, 2.45) is 5.92 Å². The summed E-state index contributed by atoms with van der Waals surface area (Å²) >= 11 is 0. The van der Waals surface area contributed by atoms with Gasteiger partial charge in [-0.2, -0.15) is 0 Å². The van der Waals surface area contributed by atoms with Crippen LogP contribution in [0.1, 0.15) is 20.3 Å². The third kappa shape index (κ3) is 1.79. The molecule has 1 rings (SSSR count). The van der Waals surface area contributed by atoms with Crippen molar-refractivity contribution in [3.63, 3.8) is 0 Å². The van der Waals surface area contributed by atoms with Gasteiger partial charge in [0.05, 0.1) is 17.1 Å². The monoisotopic (exact) mass is 204 g/mol. The van der Waals surface area contributed by atoms with Crippen LogP contribution in [0.15, 0.2) is 12.2 Å². The van der Waals surface area contributed by atoms with Gasteiger partial charge in [-0.05, 0) is 26.2 Å². The third-order valence-corrected chi connectivity index (χ3v) is 5.54. The van der Waals surface area contributed by atoms with Gasteiger partial charge in [0.1, 0.15) is 0 Å². The Labute approximate surface area is 79.4 Å². The van der Waals surface area contributed by atoms with E-state index in [9.17, 15) is 8.42 Å². The first-order chi connectivity index (χ1) is 5.92. The minimum Gasteiger partial charge on any atom is -0.392 e. The van der Waals surface area contributed by atoms with Crippen LogP contribution < -0.4 is 0 Å². The molecule has 3 nitrogen and oxygen atoms in total. The van der Waals surface area contributed by atoms with Gasteiger partial charge < -0.3 is 5.11 Å². The summed E-state index contributed by atoms with van der Waals surface area (Å²) in [6.45, 7) is 3.48. The van der Waals surface area contributed by atoms with E-state index in [0.29, 0.717) is 6.42 Å². The van der Waals surface area contributed by atoms with Crippen molar-refractivity contribution < 1.29 is 13.5 Å². The topological polar surface area (TPSA) is 54.4 Å². The molecule has 0 amide bonds. The summed E-state index contributed by atoms with van der Waals surface area (Å²) in [5.41, 5.74) is 0. The number of rotatable bonds is 2. The van der Waals surface area contributed by atoms with Crippen LogP contribution in [0.25, 0.3) is 0 Å². The first-order valence-electron chi connectivity index (χ1n) is 4.41. The van der Waals surface area contributed by atoms with E-state index in [2.05, 4.69) is 0 Å². The number of hydrogen-bond acceptors (Lipinski definition) is 3. The van der Waals surface area contributed by atoms with Gasteiger partial charge in [-0.1, -0.05) is 12.2 Å². The van der Waals surface area contributed by atoms with Crippen molar-refractivity contribution in [1.82, 2.24) is 0 Å². The first kappa shape index (κ1) is 10.7. The Hall–Kier alpha value is -0.350. The Bertz CT molecular complexity index is 301. The molecule has 0 spiro atoms. The normalized spacial score (nSPS) is 31.2. The molecule has 0 aromatic heterocycles. The van der Waals surface area contributed by atoms with Gasteiger partial charge >= 0.3 is 0 Å². The number of aliphatic hydroxyl groups excluding tert-OH is 1. The molecule has 1 unspecified atom stereocenters. The zero-order chi connectivity index (χ0) is 10.1. The van der Waals surface area contributed by atoms with Gasteiger partial charge in [0.25, 0.3) is 0 Å². The SMILES string of the molecule is CC1(C)C(/C=C/CO)CCS1(=O)=O. The Morgan fingerprint density at radius 2 is 2.15 bits per heavy atom. The average Bonchev–Trinajstić information content (AvgIpc) is 2.21. The van der Waals surface area contributed by atoms with Gasteiger partial charge in [0, 0.05) is 0 Å². The van der Waals surface area contributed by atoms with Crippen molar-refractivity contribution in [2.45, 2.75) is 25.0 Å². The Morgan fingerprint density at radius 1 is 1.54 bits per heavy atom. The summed E-state index contributed by atoms with van der Waals surface area (Å²) in [5, 5.41) is 8.59. The molecule has 1 fully saturated rings. The second-order valence-electron chi connectivity index (χ2n) is 3.93. The number of hydrogen-bond donors (Lipinski definition) is 1. The molecule has 4 heteroatoms. The summed E-state index contributed by atoms with van der Waals surface area (Å²) in [6, 6.07) is 0. The van der Waals surface area contributed by atoms with Crippen LogP contribution in [0, 0.1) is 5.92 Å². The maximum Gasteiger partial charge on any atom is 0.156 e. The van der Waals surface area contributed by atoms with Crippen LogP contribution in [0.5, 0.6) is 0 Å². The number of aliphatic hydroxyl groups is 1. The fraction of sp³-hybridized carbons (Fsp3) is 0.778. The number of allylic oxidation sites excluding steroid dienone is 1. The molecule has 0 bridgehead atoms. The molecule has 0 aromatic carbocycles. The van der Waals surface area contributed by atoms with E-state index in [0.717, 1.165) is 0 Å². The van der Waals surface area contributed by atoms with Crippen molar-refractivity contribution >= 4 is 9.84 Å². The molecule has 0 radical (unpaired) electrons. The summed E-state index contributed by atoms with van der Waals surface area (Å²) in [5.74, 6) is 0.310. The summed E-state index contributed by atoms with van der Waals surface area (Å²) in [7, 11) is -2.94. The fourth-order valence-electron chi connectivity index (χ4n) is 1.68. The van der Waals surface area contributed by atoms with Gasteiger partial charge in [0.15, 0.2) is 9.84 Å². The zero-order valence-corrected chi connectivity index (χ0v) is 8.84. The van der Waals surface area contributed by atoms with Gasteiger partial charge in [0.2, 0.25) is 0 Å². The maximum absolute atomic E-state index is 11.6. The van der Waals surface area contributed by atoms with Crippen molar-refractivity contribution in [3.05, 3.63) is 12.2 Å². The van der Waals surface area contributed by atoms with E-state index in [1.54, 1.807) is 19.9 Å². The quantitative estimate of drug-likeness (QED) is 0.675. The largest absolute Gasteiger partial charge is 0.392 e. The molecular formula is C9H16O3S. The van der Waals surface area contributed by atoms with Gasteiger partial charge in [-0.25, -0.2) is 8.42 Å². The molecule has 13 heavy (non-hydrogen) atoms. The Kier molecular flexibility index (Phi) is 2.82. The summed E-state index contributed by atoms with van der Waals surface area (Å²) < 4.78 is 22.5. The maximum atomic E-state index is 11.6. The van der Waals surface area contributed by atoms with E-state index in [-0.39, 0.29) is 18.3 Å². The molecular weight excluding hydrogens is 188 g/mol. The van der Waals surface area contributed by atoms with Crippen molar-refractivity contribution in [2.75, 3.05) is 12.4 Å². The van der Waals surface area contributed by atoms with E-state index in [1.165, 1.54) is 0 Å². The highest BCUT2D eigenvalue weighted by atomic mass is 32.2. The van der Waals surface area contributed by atoms with Crippen LogP contribution in [0.4, 0.5) is 0 Å². The lowest BCUT2D eigenvalue weighted by Crippen LogP contribution is -2.32. The van der Waals surface area contributed by atoms with Crippen LogP contribution in [0.3, 0.4) is 0 Å². The number of sulfone groups is 1. The molecule has 1 aliphatic heterocycles. The fourth-order valence-corrected chi connectivity index (χ4v) is 3.42. The predicted molar refractivity (Wildman–Crippen MR) is 52.2 cm³/mol. The first-order valence-corrected chi connectivity index (χ1v) is 6.07. The highest BCUT2D eigenvalue weighted by molar-refractivity contribution is 7.93. The summed E-state index contributed by atoms with van der Waals surface area (Å²) in [4.78, 5) is 0. The second kappa shape index (κ2) is 3.42. The van der Waals surface area contributed by atoms with Gasteiger partial charge in [-0.3, -0.25) is 0 Å². The second-order valence-corrected chi connectivity index (χ2v) is 6.62. The lowest BCUT2D eigenvalue weighted by Gasteiger charge is -2.22. The van der Waals surface area contributed by atoms with Crippen LogP contribution in [-0.2, 0) is 9.84 Å². The molecule has 0 aromatic rings. The lowest BCUT2D eigenvalue weighted by atomic mass is 9.92. The minimum absolute atomic E-state index is 0.0212. The molecule has 1 atom stereocenters. The minimum atomic E-state index is -2.94. The average molecular weight is 204 g/mol. The molecule has 0 saturated carbocycles. The molecule has 76 valence electrons. The molecule has 1 heterocycles. The molecule has 1 aliphatic rings. The van der Waals surface area contributed by atoms with Crippen LogP contribution >= 0.6 is 0 Å². The Balaban J connectivity index is 2.89. The van der Waals surface area contributed by atoms with E-state index >= 15 is 0 Å². The van der Waals surface area contributed by atoms with E-state index in [4.69, 9.17) is 5.11 Å². The molecule has 0 aliphatic carbocycles. The molecule has 1 N–H and O–H groups in total. The third-order valence-electron chi connectivity index (χ3n) is 2.87. The zero-order valence-electron chi connectivity index (χ0n) is 8.03. The van der Waals surface area contributed by atoms with Crippen LogP contribution in [0.2, 0.25) is 0 Å². The highest BCUT2D eigenvalue weighted by Crippen LogP contribution is 2.37. The van der Waals surface area contributed by atoms with Crippen molar-refractivity contribution in [1.29, 1.82) is 0 Å². The standard InChI is InChI=1S/C9H16O3S/c1-9(2)8(4-3-6-10)5-7-13(9,11)12/h3-4,8,10H,5-7H2,1-2H3/b4-3+. The lowest BCUT2D eigenvalue weighted by molar-refractivity contribution is 0.341. The Morgan fingerprint density at radius 3 is 2.54 bits per heavy atom. The predicted octanol–water partition coefficient (Wildman–Crippen LogP) is 0.748. The van der Waals surface area contributed by atoms with Crippen LogP contribution in [-0.4, -0.2) is 30.6 Å². The van der Waals surface area contributed by atoms with Gasteiger partial charge in [-0.15, -0.1) is 0 Å². The van der Waals surface area contributed by atoms with E-state index < -0.39 is 14.6 Å². The summed E-state index contributed by atoms with van der Waals surface area (Å²) in [6.07, 6.45) is 4.10. The van der Waals surface area contributed by atoms with E-state index in [1.807, 2.05) is 6.08 Å². The van der Waals surface area contributed by atoms with Crippen molar-refractivity contribution in [3.8, 4) is 0 Å². The smallest absolute Gasteiger partial charge is 0.156 e. The highest BCUT2D eigenvalue weighted by Gasteiger charge is 2.45.